The lowest BCUT2D eigenvalue weighted by Crippen LogP contribution is -2.23. The number of benzene rings is 2. The second-order valence-corrected chi connectivity index (χ2v) is 6.94. The number of sulfonamides is 1. The fourth-order valence-electron chi connectivity index (χ4n) is 2.19. The van der Waals surface area contributed by atoms with Crippen molar-refractivity contribution in [1.82, 2.24) is 4.72 Å². The van der Waals surface area contributed by atoms with Gasteiger partial charge in [-0.25, -0.2) is 13.1 Å². The first-order chi connectivity index (χ1) is 10.4. The van der Waals surface area contributed by atoms with Crippen molar-refractivity contribution in [3.05, 3.63) is 59.2 Å². The Bertz CT molecular complexity index is 754. The molecule has 0 aliphatic heterocycles. The number of hydrogen-bond donors (Lipinski definition) is 1. The molecule has 0 radical (unpaired) electrons. The lowest BCUT2D eigenvalue weighted by Gasteiger charge is -2.11. The second kappa shape index (κ2) is 6.94. The average molecular weight is 319 g/mol. The molecule has 0 aliphatic carbocycles. The summed E-state index contributed by atoms with van der Waals surface area (Å²) in [4.78, 5) is 0.251. The highest BCUT2D eigenvalue weighted by Gasteiger charge is 2.15. The highest BCUT2D eigenvalue weighted by Crippen LogP contribution is 2.21. The fraction of sp³-hybridized carbons (Fsp3) is 0.294. The van der Waals surface area contributed by atoms with Crippen molar-refractivity contribution in [1.29, 1.82) is 0 Å². The van der Waals surface area contributed by atoms with Gasteiger partial charge in [0, 0.05) is 6.54 Å². The summed E-state index contributed by atoms with van der Waals surface area (Å²) in [5.41, 5.74) is 2.85. The predicted octanol–water partition coefficient (Wildman–Crippen LogP) is 3.18. The first-order valence-electron chi connectivity index (χ1n) is 7.21. The summed E-state index contributed by atoms with van der Waals surface area (Å²) in [6, 6.07) is 12.7. The quantitative estimate of drug-likeness (QED) is 0.889. The van der Waals surface area contributed by atoms with Crippen molar-refractivity contribution >= 4 is 10.0 Å². The summed E-state index contributed by atoms with van der Waals surface area (Å²) in [5.74, 6) is 0.708. The van der Waals surface area contributed by atoms with E-state index < -0.39 is 10.0 Å². The van der Waals surface area contributed by atoms with Crippen LogP contribution in [-0.4, -0.2) is 15.0 Å². The molecule has 0 aliphatic rings. The molecule has 0 heterocycles. The van der Waals surface area contributed by atoms with Crippen molar-refractivity contribution in [2.45, 2.75) is 32.2 Å². The van der Waals surface area contributed by atoms with Crippen LogP contribution in [0.5, 0.6) is 5.75 Å². The summed E-state index contributed by atoms with van der Waals surface area (Å²) < 4.78 is 32.8. The SMILES string of the molecule is CCOc1ccc(S(=O)(=O)NCc2cccc(C)c2)cc1C. The number of ether oxygens (including phenoxy) is 1. The average Bonchev–Trinajstić information content (AvgIpc) is 2.47. The molecule has 0 unspecified atom stereocenters. The van der Waals surface area contributed by atoms with Crippen LogP contribution in [-0.2, 0) is 16.6 Å². The van der Waals surface area contributed by atoms with E-state index in [0.717, 1.165) is 16.7 Å². The third-order valence-electron chi connectivity index (χ3n) is 3.31. The number of aryl methyl sites for hydroxylation is 2. The molecule has 0 amide bonds. The van der Waals surface area contributed by atoms with Crippen molar-refractivity contribution in [2.75, 3.05) is 6.61 Å². The molecule has 2 aromatic rings. The first kappa shape index (κ1) is 16.5. The van der Waals surface area contributed by atoms with Gasteiger partial charge in [-0.3, -0.25) is 0 Å². The van der Waals surface area contributed by atoms with E-state index in [1.165, 1.54) is 0 Å². The van der Waals surface area contributed by atoms with Crippen LogP contribution in [0.15, 0.2) is 47.4 Å². The van der Waals surface area contributed by atoms with Crippen LogP contribution >= 0.6 is 0 Å². The predicted molar refractivity (Wildman–Crippen MR) is 87.6 cm³/mol. The minimum absolute atomic E-state index is 0.251. The third-order valence-corrected chi connectivity index (χ3v) is 4.70. The van der Waals surface area contributed by atoms with Crippen LogP contribution < -0.4 is 9.46 Å². The molecule has 0 aromatic heterocycles. The first-order valence-corrected chi connectivity index (χ1v) is 8.69. The minimum atomic E-state index is -3.53. The molecule has 0 bridgehead atoms. The summed E-state index contributed by atoms with van der Waals surface area (Å²) >= 11 is 0. The highest BCUT2D eigenvalue weighted by atomic mass is 32.2. The molecule has 4 nitrogen and oxygen atoms in total. The van der Waals surface area contributed by atoms with E-state index in [9.17, 15) is 8.42 Å². The van der Waals surface area contributed by atoms with Gasteiger partial charge < -0.3 is 4.74 Å². The van der Waals surface area contributed by atoms with Gasteiger partial charge in [0.15, 0.2) is 0 Å². The van der Waals surface area contributed by atoms with Crippen molar-refractivity contribution < 1.29 is 13.2 Å². The van der Waals surface area contributed by atoms with E-state index in [-0.39, 0.29) is 11.4 Å². The molecule has 118 valence electrons. The smallest absolute Gasteiger partial charge is 0.240 e. The Labute approximate surface area is 132 Å². The lowest BCUT2D eigenvalue weighted by molar-refractivity contribution is 0.337. The van der Waals surface area contributed by atoms with Crippen LogP contribution in [0.25, 0.3) is 0 Å². The van der Waals surface area contributed by atoms with E-state index in [1.807, 2.05) is 45.0 Å². The molecular formula is C17H21NO3S. The molecular weight excluding hydrogens is 298 g/mol. The van der Waals surface area contributed by atoms with Gasteiger partial charge >= 0.3 is 0 Å². The van der Waals surface area contributed by atoms with Gasteiger partial charge in [0.25, 0.3) is 0 Å². The molecule has 5 heteroatoms. The van der Waals surface area contributed by atoms with Crippen LogP contribution in [0.1, 0.15) is 23.6 Å². The Morgan fingerprint density at radius 3 is 2.50 bits per heavy atom. The fourth-order valence-corrected chi connectivity index (χ4v) is 3.29. The largest absolute Gasteiger partial charge is 0.494 e. The maximum absolute atomic E-state index is 12.4. The lowest BCUT2D eigenvalue weighted by atomic mass is 10.1. The molecule has 0 saturated heterocycles. The zero-order valence-corrected chi connectivity index (χ0v) is 13.9. The topological polar surface area (TPSA) is 55.4 Å². The summed E-state index contributed by atoms with van der Waals surface area (Å²) in [5, 5.41) is 0. The summed E-state index contributed by atoms with van der Waals surface area (Å²) in [7, 11) is -3.53. The summed E-state index contributed by atoms with van der Waals surface area (Å²) in [6.45, 7) is 6.54. The van der Waals surface area contributed by atoms with E-state index in [0.29, 0.717) is 12.4 Å². The van der Waals surface area contributed by atoms with Crippen LogP contribution in [0.3, 0.4) is 0 Å². The third kappa shape index (κ3) is 4.08. The van der Waals surface area contributed by atoms with Crippen molar-refractivity contribution in [2.24, 2.45) is 0 Å². The highest BCUT2D eigenvalue weighted by molar-refractivity contribution is 7.89. The van der Waals surface area contributed by atoms with Crippen LogP contribution in [0.2, 0.25) is 0 Å². The molecule has 0 fully saturated rings. The van der Waals surface area contributed by atoms with E-state index in [1.54, 1.807) is 18.2 Å². The number of hydrogen-bond acceptors (Lipinski definition) is 3. The minimum Gasteiger partial charge on any atom is -0.494 e. The Balaban J connectivity index is 2.15. The van der Waals surface area contributed by atoms with Crippen LogP contribution in [0.4, 0.5) is 0 Å². The zero-order valence-electron chi connectivity index (χ0n) is 13.1. The molecule has 2 aromatic carbocycles. The van der Waals surface area contributed by atoms with Crippen LogP contribution in [0, 0.1) is 13.8 Å². The van der Waals surface area contributed by atoms with E-state index in [4.69, 9.17) is 4.74 Å². The maximum Gasteiger partial charge on any atom is 0.240 e. The summed E-state index contributed by atoms with van der Waals surface area (Å²) in [6.07, 6.45) is 0. The van der Waals surface area contributed by atoms with Gasteiger partial charge in [-0.15, -0.1) is 0 Å². The van der Waals surface area contributed by atoms with E-state index >= 15 is 0 Å². The Kier molecular flexibility index (Phi) is 5.21. The molecule has 22 heavy (non-hydrogen) atoms. The van der Waals surface area contributed by atoms with Gasteiger partial charge in [-0.05, 0) is 50.1 Å². The van der Waals surface area contributed by atoms with Gasteiger partial charge in [-0.1, -0.05) is 29.8 Å². The Morgan fingerprint density at radius 2 is 1.86 bits per heavy atom. The number of nitrogens with one attached hydrogen (secondary N) is 1. The van der Waals surface area contributed by atoms with Crippen molar-refractivity contribution in [3.63, 3.8) is 0 Å². The molecule has 0 atom stereocenters. The molecule has 0 spiro atoms. The van der Waals surface area contributed by atoms with Gasteiger partial charge in [0.2, 0.25) is 10.0 Å². The second-order valence-electron chi connectivity index (χ2n) is 5.17. The van der Waals surface area contributed by atoms with Gasteiger partial charge in [0.05, 0.1) is 11.5 Å². The Morgan fingerprint density at radius 1 is 1.09 bits per heavy atom. The molecule has 0 saturated carbocycles. The number of rotatable bonds is 6. The van der Waals surface area contributed by atoms with E-state index in [2.05, 4.69) is 4.72 Å². The zero-order chi connectivity index (χ0) is 16.2. The van der Waals surface area contributed by atoms with Gasteiger partial charge in [-0.2, -0.15) is 0 Å². The maximum atomic E-state index is 12.4. The standard InChI is InChI=1S/C17H21NO3S/c1-4-21-17-9-8-16(11-14(17)3)22(19,20)18-12-15-7-5-6-13(2)10-15/h5-11,18H,4,12H2,1-3H3. The molecule has 1 N–H and O–H groups in total. The normalized spacial score (nSPS) is 11.4. The van der Waals surface area contributed by atoms with Gasteiger partial charge in [0.1, 0.15) is 5.75 Å². The monoisotopic (exact) mass is 319 g/mol. The molecule has 2 rings (SSSR count). The Hall–Kier alpha value is -1.85. The van der Waals surface area contributed by atoms with Crippen molar-refractivity contribution in [3.8, 4) is 5.75 Å².